The average Bonchev–Trinajstić information content (AvgIpc) is 2.22. The maximum Gasteiger partial charge on any atom is -0.0199 e. The number of hydrogen-bond donors (Lipinski definition) is 0. The molecular weight excluding hydrogens is 180 g/mol. The lowest BCUT2D eigenvalue weighted by molar-refractivity contribution is 0.510. The van der Waals surface area contributed by atoms with Gasteiger partial charge in [0, 0.05) is 0 Å². The van der Waals surface area contributed by atoms with Gasteiger partial charge in [0.05, 0.1) is 0 Å². The summed E-state index contributed by atoms with van der Waals surface area (Å²) in [6, 6.07) is 0. The van der Waals surface area contributed by atoms with Gasteiger partial charge in [-0.3, -0.25) is 0 Å². The minimum atomic E-state index is 0.766. The van der Waals surface area contributed by atoms with Crippen molar-refractivity contribution in [1.82, 2.24) is 0 Å². The molecule has 0 amide bonds. The molecule has 0 heteroatoms. The van der Waals surface area contributed by atoms with Crippen molar-refractivity contribution in [1.29, 1.82) is 0 Å². The van der Waals surface area contributed by atoms with Crippen LogP contribution in [0.15, 0.2) is 24.8 Å². The van der Waals surface area contributed by atoms with Gasteiger partial charge in [0.1, 0.15) is 0 Å². The van der Waals surface area contributed by atoms with E-state index in [1.165, 1.54) is 57.8 Å². The van der Waals surface area contributed by atoms with Crippen molar-refractivity contribution in [3.8, 4) is 0 Å². The third kappa shape index (κ3) is 6.54. The largest absolute Gasteiger partial charge is 0.103 e. The van der Waals surface area contributed by atoms with Gasteiger partial charge in [-0.2, -0.15) is 0 Å². The highest BCUT2D eigenvalue weighted by molar-refractivity contribution is 4.91. The van der Waals surface area contributed by atoms with Crippen molar-refractivity contribution in [2.24, 2.45) is 5.92 Å². The van der Waals surface area contributed by atoms with E-state index in [2.05, 4.69) is 24.8 Å². The molecule has 1 unspecified atom stereocenters. The van der Waals surface area contributed by atoms with Crippen LogP contribution in [0.1, 0.15) is 64.2 Å². The highest BCUT2D eigenvalue weighted by Gasteiger charge is 2.03. The molecule has 0 heterocycles. The molecule has 0 aromatic carbocycles. The van der Waals surface area contributed by atoms with Crippen LogP contribution >= 0.6 is 0 Å². The molecule has 0 saturated heterocycles. The smallest absolute Gasteiger partial charge is 0.0199 e. The van der Waals surface area contributed by atoms with Gasteiger partial charge in [-0.05, 0) is 31.6 Å². The van der Waals surface area contributed by atoms with Gasteiger partial charge in [-0.15, -0.1) is 6.58 Å². The Balaban J connectivity index is 2.33. The van der Waals surface area contributed by atoms with Crippen molar-refractivity contribution in [3.05, 3.63) is 24.8 Å². The van der Waals surface area contributed by atoms with E-state index in [4.69, 9.17) is 0 Å². The van der Waals surface area contributed by atoms with Gasteiger partial charge >= 0.3 is 0 Å². The minimum absolute atomic E-state index is 0.766. The van der Waals surface area contributed by atoms with E-state index < -0.39 is 0 Å². The molecule has 0 nitrogen and oxygen atoms in total. The summed E-state index contributed by atoms with van der Waals surface area (Å²) < 4.78 is 0. The Labute approximate surface area is 95.5 Å². The zero-order chi connectivity index (χ0) is 10.8. The molecular formula is C15H26. The molecule has 0 aliphatic heterocycles. The zero-order valence-corrected chi connectivity index (χ0v) is 10.1. The summed E-state index contributed by atoms with van der Waals surface area (Å²) in [5.74, 6) is 0.766. The second kappa shape index (κ2) is 8.76. The standard InChI is InChI=1S/C15H26/c1-2-12-15-13-10-8-6-4-3-5-7-9-11-14-15/h2,10,13,15H,1,3-9,11-12,14H2/b13-10+. The van der Waals surface area contributed by atoms with Gasteiger partial charge in [0.25, 0.3) is 0 Å². The maximum atomic E-state index is 3.85. The quantitative estimate of drug-likeness (QED) is 0.541. The Bertz CT molecular complexity index is 178. The number of rotatable bonds is 2. The number of hydrogen-bond acceptors (Lipinski definition) is 0. The average molecular weight is 206 g/mol. The Kier molecular flexibility index (Phi) is 7.33. The summed E-state index contributed by atoms with van der Waals surface area (Å²) in [4.78, 5) is 0. The highest BCUT2D eigenvalue weighted by Crippen LogP contribution is 2.19. The second-order valence-electron chi connectivity index (χ2n) is 4.76. The molecule has 0 aromatic rings. The van der Waals surface area contributed by atoms with Gasteiger partial charge in [0.15, 0.2) is 0 Å². The molecule has 0 spiro atoms. The van der Waals surface area contributed by atoms with Gasteiger partial charge in [-0.1, -0.05) is 56.8 Å². The van der Waals surface area contributed by atoms with E-state index in [-0.39, 0.29) is 0 Å². The number of allylic oxidation sites excluding steroid dienone is 3. The first kappa shape index (κ1) is 12.5. The fraction of sp³-hybridized carbons (Fsp3) is 0.733. The van der Waals surface area contributed by atoms with E-state index in [1.54, 1.807) is 0 Å². The molecule has 1 atom stereocenters. The van der Waals surface area contributed by atoms with E-state index in [0.717, 1.165) is 12.3 Å². The van der Waals surface area contributed by atoms with Crippen LogP contribution in [0.25, 0.3) is 0 Å². The van der Waals surface area contributed by atoms with Gasteiger partial charge < -0.3 is 0 Å². The topological polar surface area (TPSA) is 0 Å². The summed E-state index contributed by atoms with van der Waals surface area (Å²) in [5.41, 5.74) is 0. The fourth-order valence-electron chi connectivity index (χ4n) is 2.35. The van der Waals surface area contributed by atoms with E-state index in [1.807, 2.05) is 0 Å². The first-order chi connectivity index (χ1) is 7.43. The van der Waals surface area contributed by atoms with Crippen LogP contribution in [-0.4, -0.2) is 0 Å². The van der Waals surface area contributed by atoms with Crippen molar-refractivity contribution in [2.45, 2.75) is 64.2 Å². The van der Waals surface area contributed by atoms with Crippen molar-refractivity contribution in [2.75, 3.05) is 0 Å². The van der Waals surface area contributed by atoms with Crippen LogP contribution < -0.4 is 0 Å². The lowest BCUT2D eigenvalue weighted by Crippen LogP contribution is -1.95. The SMILES string of the molecule is C=CCC1/C=C/CCCCCCCCC1. The summed E-state index contributed by atoms with van der Waals surface area (Å²) in [6.07, 6.45) is 20.7. The minimum Gasteiger partial charge on any atom is -0.103 e. The van der Waals surface area contributed by atoms with Crippen LogP contribution in [0.2, 0.25) is 0 Å². The lowest BCUT2D eigenvalue weighted by atomic mass is 9.95. The van der Waals surface area contributed by atoms with Crippen LogP contribution in [0, 0.1) is 5.92 Å². The van der Waals surface area contributed by atoms with E-state index >= 15 is 0 Å². The summed E-state index contributed by atoms with van der Waals surface area (Å²) in [5, 5.41) is 0. The van der Waals surface area contributed by atoms with Gasteiger partial charge in [-0.25, -0.2) is 0 Å². The second-order valence-corrected chi connectivity index (χ2v) is 4.76. The molecule has 0 radical (unpaired) electrons. The van der Waals surface area contributed by atoms with Crippen LogP contribution in [-0.2, 0) is 0 Å². The normalized spacial score (nSPS) is 27.3. The molecule has 0 bridgehead atoms. The highest BCUT2D eigenvalue weighted by atomic mass is 14.1. The summed E-state index contributed by atoms with van der Waals surface area (Å²) >= 11 is 0. The molecule has 0 saturated carbocycles. The predicted molar refractivity (Wildman–Crippen MR) is 69.0 cm³/mol. The van der Waals surface area contributed by atoms with Crippen molar-refractivity contribution < 1.29 is 0 Å². The van der Waals surface area contributed by atoms with Gasteiger partial charge in [0.2, 0.25) is 0 Å². The summed E-state index contributed by atoms with van der Waals surface area (Å²) in [6.45, 7) is 3.85. The Morgan fingerprint density at radius 3 is 2.40 bits per heavy atom. The molecule has 0 aromatic heterocycles. The molecule has 0 fully saturated rings. The van der Waals surface area contributed by atoms with Crippen molar-refractivity contribution >= 4 is 0 Å². The fourth-order valence-corrected chi connectivity index (χ4v) is 2.35. The predicted octanol–water partition coefficient (Wildman–Crippen LogP) is 5.26. The monoisotopic (exact) mass is 206 g/mol. The van der Waals surface area contributed by atoms with Crippen LogP contribution in [0.5, 0.6) is 0 Å². The van der Waals surface area contributed by atoms with Crippen LogP contribution in [0.3, 0.4) is 0 Å². The first-order valence-electron chi connectivity index (χ1n) is 6.71. The van der Waals surface area contributed by atoms with Crippen molar-refractivity contribution in [3.63, 3.8) is 0 Å². The summed E-state index contributed by atoms with van der Waals surface area (Å²) in [7, 11) is 0. The Morgan fingerprint density at radius 1 is 1.00 bits per heavy atom. The maximum absolute atomic E-state index is 3.85. The molecule has 1 rings (SSSR count). The molecule has 1 aliphatic carbocycles. The zero-order valence-electron chi connectivity index (χ0n) is 10.1. The molecule has 15 heavy (non-hydrogen) atoms. The Hall–Kier alpha value is -0.520. The third-order valence-corrected chi connectivity index (χ3v) is 3.32. The lowest BCUT2D eigenvalue weighted by Gasteiger charge is -2.11. The molecule has 86 valence electrons. The third-order valence-electron chi connectivity index (χ3n) is 3.32. The first-order valence-corrected chi connectivity index (χ1v) is 6.71. The molecule has 1 aliphatic rings. The Morgan fingerprint density at radius 2 is 1.67 bits per heavy atom. The van der Waals surface area contributed by atoms with E-state index in [0.29, 0.717) is 0 Å². The molecule has 0 N–H and O–H groups in total. The van der Waals surface area contributed by atoms with Crippen LogP contribution in [0.4, 0.5) is 0 Å². The van der Waals surface area contributed by atoms with E-state index in [9.17, 15) is 0 Å².